The van der Waals surface area contributed by atoms with Crippen LogP contribution in [0.4, 0.5) is 4.39 Å². The molecular formula is C45H44FN3O5. The molecule has 54 heavy (non-hydrogen) atoms. The summed E-state index contributed by atoms with van der Waals surface area (Å²) < 4.78 is 24.6. The fraction of sp³-hybridized carbons (Fsp3) is 0.200. The molecular weight excluding hydrogens is 682 g/mol. The van der Waals surface area contributed by atoms with Crippen molar-refractivity contribution in [1.82, 2.24) is 15.2 Å². The number of ether oxygens (including phenoxy) is 2. The van der Waals surface area contributed by atoms with Gasteiger partial charge in [-0.2, -0.15) is 0 Å². The van der Waals surface area contributed by atoms with E-state index in [0.29, 0.717) is 47.0 Å². The monoisotopic (exact) mass is 725 g/mol. The third-order valence-corrected chi connectivity index (χ3v) is 8.83. The van der Waals surface area contributed by atoms with E-state index in [4.69, 9.17) is 14.5 Å². The largest absolute Gasteiger partial charge is 0.478 e. The van der Waals surface area contributed by atoms with E-state index in [1.807, 2.05) is 112 Å². The van der Waals surface area contributed by atoms with Crippen LogP contribution < -0.4 is 15.9 Å². The quantitative estimate of drug-likeness (QED) is 0.166. The maximum absolute atomic E-state index is 14.4. The minimum Gasteiger partial charge on any atom is -0.478 e. The molecule has 1 aliphatic carbocycles. The van der Waals surface area contributed by atoms with Gasteiger partial charge in [-0.1, -0.05) is 123 Å². The molecule has 2 heterocycles. The van der Waals surface area contributed by atoms with E-state index in [9.17, 15) is 14.0 Å². The summed E-state index contributed by atoms with van der Waals surface area (Å²) in [6, 6.07) is 37.6. The highest BCUT2D eigenvalue weighted by atomic mass is 19.1. The molecule has 8 nitrogen and oxygen atoms in total. The highest BCUT2D eigenvalue weighted by molar-refractivity contribution is 6.16. The van der Waals surface area contributed by atoms with Crippen LogP contribution in [0.2, 0.25) is 0 Å². The summed E-state index contributed by atoms with van der Waals surface area (Å²) in [4.78, 5) is 43.9. The number of pyridine rings is 1. The van der Waals surface area contributed by atoms with E-state index in [1.165, 1.54) is 19.2 Å². The molecule has 0 atom stereocenters. The van der Waals surface area contributed by atoms with Crippen molar-refractivity contribution in [1.29, 1.82) is 0 Å². The molecule has 0 saturated heterocycles. The number of methoxy groups -OCH3 is 1. The summed E-state index contributed by atoms with van der Waals surface area (Å²) in [5.41, 5.74) is 6.43. The van der Waals surface area contributed by atoms with Crippen LogP contribution in [-0.4, -0.2) is 41.8 Å². The molecule has 0 fully saturated rings. The Bertz CT molecular complexity index is 2180. The van der Waals surface area contributed by atoms with E-state index >= 15 is 0 Å². The van der Waals surface area contributed by atoms with Gasteiger partial charge in [0.25, 0.3) is 12.4 Å². The second kappa shape index (κ2) is 18.9. The van der Waals surface area contributed by atoms with Gasteiger partial charge in [0.2, 0.25) is 5.91 Å². The molecule has 1 aliphatic heterocycles. The minimum absolute atomic E-state index is 0.220. The van der Waals surface area contributed by atoms with Gasteiger partial charge in [-0.15, -0.1) is 0 Å². The highest BCUT2D eigenvalue weighted by Gasteiger charge is 2.38. The number of hydrogen-bond acceptors (Lipinski definition) is 6. The summed E-state index contributed by atoms with van der Waals surface area (Å²) in [5, 5.41) is 4.18. The Balaban J connectivity index is 0.000000878. The molecule has 0 spiro atoms. The Labute approximate surface area is 315 Å². The van der Waals surface area contributed by atoms with E-state index in [-0.39, 0.29) is 30.6 Å². The molecule has 2 aliphatic rings. The second-order valence-corrected chi connectivity index (χ2v) is 12.5. The van der Waals surface area contributed by atoms with Gasteiger partial charge in [0, 0.05) is 43.0 Å². The number of aryl methyl sites for hydroxylation is 1. The standard InChI is InChI=1S/C41H34FN3O3.C2H4O2.C2H6/c1-27-10-8-11-29(22-27)24-44-40(46)35-23-32-26-45(25-28-17-19-33(42)20-18-28)41(47)36(32)39(37-34(35)16-9-21-43-37)48-38(30-12-4-2-5-13-30)31-14-6-3-7-15-31;1-4-2-3;1-2/h2-22,38H,23-26H2,1H3,(H,44,46);2H,1H3;1-2H3. The summed E-state index contributed by atoms with van der Waals surface area (Å²) >= 11 is 0. The average Bonchev–Trinajstić information content (AvgIpc) is 3.44. The first-order valence-electron chi connectivity index (χ1n) is 17.9. The van der Waals surface area contributed by atoms with Crippen LogP contribution >= 0.6 is 0 Å². The van der Waals surface area contributed by atoms with Crippen molar-refractivity contribution >= 4 is 29.6 Å². The van der Waals surface area contributed by atoms with Gasteiger partial charge in [0.1, 0.15) is 17.3 Å². The lowest BCUT2D eigenvalue weighted by Crippen LogP contribution is -2.38. The molecule has 2 amide bonds. The number of nitrogens with zero attached hydrogens (tertiary/aromatic N) is 2. The number of halogens is 1. The van der Waals surface area contributed by atoms with Crippen molar-refractivity contribution in [2.45, 2.75) is 46.4 Å². The first-order chi connectivity index (χ1) is 26.4. The molecule has 0 saturated carbocycles. The smallest absolute Gasteiger partial charge is 0.292 e. The average molecular weight is 726 g/mol. The van der Waals surface area contributed by atoms with Crippen molar-refractivity contribution < 1.29 is 28.2 Å². The molecule has 4 aromatic carbocycles. The lowest BCUT2D eigenvalue weighted by molar-refractivity contribution is -0.126. The van der Waals surface area contributed by atoms with E-state index in [1.54, 1.807) is 29.3 Å². The summed E-state index contributed by atoms with van der Waals surface area (Å²) in [5.74, 6) is -0.449. The Kier molecular flexibility index (Phi) is 13.6. The summed E-state index contributed by atoms with van der Waals surface area (Å²) in [7, 11) is 1.31. The number of aromatic nitrogens is 1. The Hall–Kier alpha value is -6.35. The van der Waals surface area contributed by atoms with Crippen LogP contribution in [0.3, 0.4) is 0 Å². The molecule has 0 unspecified atom stereocenters. The zero-order valence-electron chi connectivity index (χ0n) is 30.9. The first kappa shape index (κ1) is 38.9. The number of fused-ring (bicyclic) bond motifs is 1. The van der Waals surface area contributed by atoms with Gasteiger partial charge in [-0.25, -0.2) is 4.39 Å². The van der Waals surface area contributed by atoms with E-state index in [0.717, 1.165) is 33.4 Å². The number of hydrogen-bond donors (Lipinski definition) is 1. The molecule has 0 bridgehead atoms. The number of rotatable bonds is 10. The predicted octanol–water partition coefficient (Wildman–Crippen LogP) is 6.47. The Morgan fingerprint density at radius 1 is 0.889 bits per heavy atom. The topological polar surface area (TPSA) is 97.8 Å². The van der Waals surface area contributed by atoms with Crippen LogP contribution in [0, 0.1) is 12.7 Å². The van der Waals surface area contributed by atoms with Gasteiger partial charge in [0.05, 0.1) is 12.7 Å². The molecule has 5 aromatic rings. The minimum atomic E-state index is -0.554. The van der Waals surface area contributed by atoms with Crippen LogP contribution in [-0.2, 0) is 36.9 Å². The van der Waals surface area contributed by atoms with E-state index < -0.39 is 6.10 Å². The van der Waals surface area contributed by atoms with Gasteiger partial charge in [-0.3, -0.25) is 19.4 Å². The predicted molar refractivity (Wildman–Crippen MR) is 207 cm³/mol. The maximum Gasteiger partial charge on any atom is 0.292 e. The van der Waals surface area contributed by atoms with E-state index in [2.05, 4.69) is 10.1 Å². The SMILES string of the molecule is CC.COC=O.Cc1cccc(CNC(=O)C2=c3cccnc3=C(OC(c3ccccc3)c3ccccc3)C3=C(C2)CN(Cc2ccc(F)cc2)C3=O)c1. The Morgan fingerprint density at radius 3 is 2.15 bits per heavy atom. The van der Waals surface area contributed by atoms with Crippen LogP contribution in [0.15, 0.2) is 139 Å². The third kappa shape index (κ3) is 9.35. The Morgan fingerprint density at radius 2 is 1.54 bits per heavy atom. The first-order valence-corrected chi connectivity index (χ1v) is 17.9. The van der Waals surface area contributed by atoms with Crippen LogP contribution in [0.1, 0.15) is 54.2 Å². The molecule has 1 N–H and O–H groups in total. The number of carbonyl (C=O) groups is 3. The lowest BCUT2D eigenvalue weighted by atomic mass is 10.00. The number of carbonyl (C=O) groups excluding carboxylic acids is 3. The van der Waals surface area contributed by atoms with Crippen molar-refractivity contribution in [2.75, 3.05) is 13.7 Å². The lowest BCUT2D eigenvalue weighted by Gasteiger charge is -2.23. The zero-order chi connectivity index (χ0) is 38.5. The van der Waals surface area contributed by atoms with Gasteiger partial charge in [-0.05, 0) is 52.9 Å². The van der Waals surface area contributed by atoms with Gasteiger partial charge >= 0.3 is 0 Å². The molecule has 7 rings (SSSR count). The fourth-order valence-corrected chi connectivity index (χ4v) is 6.42. The molecule has 0 radical (unpaired) electrons. The van der Waals surface area contributed by atoms with Crippen LogP contribution in [0.5, 0.6) is 0 Å². The van der Waals surface area contributed by atoms with Crippen molar-refractivity contribution in [3.05, 3.63) is 183 Å². The number of benzene rings is 4. The van der Waals surface area contributed by atoms with Crippen molar-refractivity contribution in [3.8, 4) is 0 Å². The third-order valence-electron chi connectivity index (χ3n) is 8.83. The fourth-order valence-electron chi connectivity index (χ4n) is 6.42. The maximum atomic E-state index is 14.4. The van der Waals surface area contributed by atoms with Gasteiger partial charge < -0.3 is 19.7 Å². The zero-order valence-corrected chi connectivity index (χ0v) is 30.9. The number of nitrogens with one attached hydrogen (secondary N) is 1. The molecule has 1 aromatic heterocycles. The normalized spacial score (nSPS) is 13.1. The second-order valence-electron chi connectivity index (χ2n) is 12.5. The summed E-state index contributed by atoms with van der Waals surface area (Å²) in [6.07, 6.45) is 1.35. The van der Waals surface area contributed by atoms with Crippen molar-refractivity contribution in [2.24, 2.45) is 0 Å². The number of amides is 2. The van der Waals surface area contributed by atoms with Gasteiger partial charge in [0.15, 0.2) is 5.76 Å². The molecule has 276 valence electrons. The van der Waals surface area contributed by atoms with Crippen molar-refractivity contribution in [3.63, 3.8) is 0 Å². The van der Waals surface area contributed by atoms with Crippen LogP contribution in [0.25, 0.3) is 11.3 Å². The summed E-state index contributed by atoms with van der Waals surface area (Å²) in [6.45, 7) is 7.33. The highest BCUT2D eigenvalue weighted by Crippen LogP contribution is 2.37. The molecule has 9 heteroatoms.